The predicted molar refractivity (Wildman–Crippen MR) is 102 cm³/mol. The van der Waals surface area contributed by atoms with Crippen LogP contribution in [0.4, 0.5) is 11.4 Å². The Labute approximate surface area is 165 Å². The van der Waals surface area contributed by atoms with Crippen LogP contribution in [0.5, 0.6) is 0 Å². The lowest BCUT2D eigenvalue weighted by atomic mass is 9.77. The summed E-state index contributed by atoms with van der Waals surface area (Å²) in [5.41, 5.74) is 0.268. The lowest BCUT2D eigenvalue weighted by molar-refractivity contribution is -0.130. The summed E-state index contributed by atoms with van der Waals surface area (Å²) in [4.78, 5) is 52.9. The number of esters is 1. The molecule has 8 heteroatoms. The summed E-state index contributed by atoms with van der Waals surface area (Å²) in [5.74, 6) is -3.54. The van der Waals surface area contributed by atoms with Crippen LogP contribution in [0.3, 0.4) is 0 Å². The Bertz CT molecular complexity index is 1100. The number of para-hydroxylation sites is 2. The smallest absolute Gasteiger partial charge is 0.339 e. The van der Waals surface area contributed by atoms with Crippen LogP contribution in [-0.4, -0.2) is 37.3 Å². The van der Waals surface area contributed by atoms with Gasteiger partial charge in [0.05, 0.1) is 30.2 Å². The van der Waals surface area contributed by atoms with E-state index in [9.17, 15) is 19.2 Å². The van der Waals surface area contributed by atoms with Crippen molar-refractivity contribution in [2.45, 2.75) is 5.54 Å². The van der Waals surface area contributed by atoms with Gasteiger partial charge in [0, 0.05) is 17.8 Å². The third-order valence-electron chi connectivity index (χ3n) is 6.00. The molecule has 29 heavy (non-hydrogen) atoms. The van der Waals surface area contributed by atoms with Gasteiger partial charge in [-0.05, 0) is 18.2 Å². The second kappa shape index (κ2) is 5.99. The third-order valence-corrected chi connectivity index (χ3v) is 6.00. The SMILES string of the molecule is COC(=O)c1ccccc1N1C(=O)[C@H]2CN[C@@]3(C(=O)Nc4ccccc43)[C@@H]2C1=O. The molecule has 0 saturated carbocycles. The van der Waals surface area contributed by atoms with Crippen molar-refractivity contribution in [3.63, 3.8) is 0 Å². The topological polar surface area (TPSA) is 105 Å². The first-order chi connectivity index (χ1) is 14.0. The van der Waals surface area contributed by atoms with Gasteiger partial charge in [0.15, 0.2) is 0 Å². The highest BCUT2D eigenvalue weighted by atomic mass is 16.5. The first-order valence-electron chi connectivity index (χ1n) is 9.22. The molecule has 2 fully saturated rings. The molecule has 0 radical (unpaired) electrons. The molecular formula is C21H17N3O5. The van der Waals surface area contributed by atoms with Gasteiger partial charge in [-0.1, -0.05) is 30.3 Å². The fourth-order valence-corrected chi connectivity index (χ4v) is 4.75. The highest BCUT2D eigenvalue weighted by molar-refractivity contribution is 6.26. The molecule has 3 heterocycles. The number of hydrogen-bond donors (Lipinski definition) is 2. The van der Waals surface area contributed by atoms with Crippen molar-refractivity contribution in [2.24, 2.45) is 11.8 Å². The molecule has 3 atom stereocenters. The molecule has 0 aromatic heterocycles. The highest BCUT2D eigenvalue weighted by Gasteiger charge is 2.67. The van der Waals surface area contributed by atoms with Gasteiger partial charge in [-0.3, -0.25) is 19.7 Å². The van der Waals surface area contributed by atoms with Gasteiger partial charge in [-0.25, -0.2) is 9.69 Å². The Morgan fingerprint density at radius 3 is 2.59 bits per heavy atom. The van der Waals surface area contributed by atoms with Crippen LogP contribution in [0.2, 0.25) is 0 Å². The number of fused-ring (bicyclic) bond motifs is 4. The molecule has 5 rings (SSSR count). The molecule has 0 unspecified atom stereocenters. The normalized spacial score (nSPS) is 27.2. The van der Waals surface area contributed by atoms with Crippen LogP contribution in [0.1, 0.15) is 15.9 Å². The van der Waals surface area contributed by atoms with Crippen LogP contribution in [0, 0.1) is 11.8 Å². The van der Waals surface area contributed by atoms with E-state index in [0.29, 0.717) is 11.3 Å². The minimum Gasteiger partial charge on any atom is -0.465 e. The standard InChI is InChI=1S/C21H17N3O5/c1-29-19(27)11-6-2-5-9-15(11)24-17(25)12-10-22-21(16(12)18(24)26)13-7-3-4-8-14(13)23-20(21)28/h2-9,12,16,22H,10H2,1H3,(H,23,28)/t12-,16-,21+/m0/s1. The number of anilines is 2. The van der Waals surface area contributed by atoms with E-state index < -0.39 is 35.2 Å². The fraction of sp³-hybridized carbons (Fsp3) is 0.238. The second-order valence-corrected chi connectivity index (χ2v) is 7.29. The molecule has 3 aliphatic rings. The number of imide groups is 1. The number of nitrogens with zero attached hydrogens (tertiary/aromatic N) is 1. The van der Waals surface area contributed by atoms with E-state index in [1.807, 2.05) is 0 Å². The van der Waals surface area contributed by atoms with E-state index in [-0.39, 0.29) is 23.7 Å². The Morgan fingerprint density at radius 1 is 1.07 bits per heavy atom. The van der Waals surface area contributed by atoms with Gasteiger partial charge in [0.2, 0.25) is 17.7 Å². The average molecular weight is 391 g/mol. The van der Waals surface area contributed by atoms with Crippen molar-refractivity contribution in [1.29, 1.82) is 0 Å². The van der Waals surface area contributed by atoms with Crippen molar-refractivity contribution >= 4 is 35.1 Å². The van der Waals surface area contributed by atoms with Crippen molar-refractivity contribution in [3.05, 3.63) is 59.7 Å². The lowest BCUT2D eigenvalue weighted by Gasteiger charge is -2.28. The number of amides is 3. The lowest BCUT2D eigenvalue weighted by Crippen LogP contribution is -2.51. The van der Waals surface area contributed by atoms with Crippen molar-refractivity contribution in [2.75, 3.05) is 23.9 Å². The zero-order valence-corrected chi connectivity index (χ0v) is 15.5. The van der Waals surface area contributed by atoms with Gasteiger partial charge < -0.3 is 10.1 Å². The molecule has 146 valence electrons. The largest absolute Gasteiger partial charge is 0.465 e. The van der Waals surface area contributed by atoms with Crippen LogP contribution < -0.4 is 15.5 Å². The minimum absolute atomic E-state index is 0.120. The van der Waals surface area contributed by atoms with E-state index in [4.69, 9.17) is 4.74 Å². The molecule has 8 nitrogen and oxygen atoms in total. The first kappa shape index (κ1) is 17.6. The van der Waals surface area contributed by atoms with E-state index >= 15 is 0 Å². The van der Waals surface area contributed by atoms with Gasteiger partial charge in [0.25, 0.3) is 0 Å². The molecule has 2 aromatic carbocycles. The Hall–Kier alpha value is -3.52. The zero-order chi connectivity index (χ0) is 20.3. The average Bonchev–Trinajstić information content (AvgIpc) is 3.35. The van der Waals surface area contributed by atoms with E-state index in [2.05, 4.69) is 10.6 Å². The number of benzene rings is 2. The summed E-state index contributed by atoms with van der Waals surface area (Å²) in [6.07, 6.45) is 0. The zero-order valence-electron chi connectivity index (χ0n) is 15.5. The quantitative estimate of drug-likeness (QED) is 0.585. The molecule has 3 amide bonds. The molecule has 3 aliphatic heterocycles. The summed E-state index contributed by atoms with van der Waals surface area (Å²) >= 11 is 0. The van der Waals surface area contributed by atoms with Crippen molar-refractivity contribution < 1.29 is 23.9 Å². The highest BCUT2D eigenvalue weighted by Crippen LogP contribution is 2.51. The summed E-state index contributed by atoms with van der Waals surface area (Å²) < 4.78 is 4.79. The van der Waals surface area contributed by atoms with Gasteiger partial charge in [-0.2, -0.15) is 0 Å². The van der Waals surface area contributed by atoms with Crippen molar-refractivity contribution in [3.8, 4) is 0 Å². The number of hydrogen-bond acceptors (Lipinski definition) is 6. The van der Waals surface area contributed by atoms with Crippen LogP contribution in [-0.2, 0) is 24.7 Å². The predicted octanol–water partition coefficient (Wildman–Crippen LogP) is 1.03. The fourth-order valence-electron chi connectivity index (χ4n) is 4.75. The minimum atomic E-state index is -1.30. The molecule has 0 aliphatic carbocycles. The van der Waals surface area contributed by atoms with E-state index in [0.717, 1.165) is 4.90 Å². The maximum atomic E-state index is 13.5. The van der Waals surface area contributed by atoms with E-state index in [1.165, 1.54) is 19.2 Å². The summed E-state index contributed by atoms with van der Waals surface area (Å²) in [7, 11) is 1.24. The van der Waals surface area contributed by atoms with Gasteiger partial charge >= 0.3 is 5.97 Å². The number of nitrogens with one attached hydrogen (secondary N) is 2. The molecule has 2 N–H and O–H groups in total. The van der Waals surface area contributed by atoms with Crippen molar-refractivity contribution in [1.82, 2.24) is 5.32 Å². The maximum Gasteiger partial charge on any atom is 0.339 e. The summed E-state index contributed by atoms with van der Waals surface area (Å²) in [5, 5.41) is 5.96. The Balaban J connectivity index is 1.63. The van der Waals surface area contributed by atoms with E-state index in [1.54, 1.807) is 36.4 Å². The summed E-state index contributed by atoms with van der Waals surface area (Å²) in [6, 6.07) is 13.4. The summed E-state index contributed by atoms with van der Waals surface area (Å²) in [6.45, 7) is 0.188. The number of carbonyl (C=O) groups excluding carboxylic acids is 4. The number of ether oxygens (including phenoxy) is 1. The second-order valence-electron chi connectivity index (χ2n) is 7.29. The third kappa shape index (κ3) is 2.11. The molecule has 1 spiro atoms. The van der Waals surface area contributed by atoms with Gasteiger partial charge in [-0.15, -0.1) is 0 Å². The molecule has 2 saturated heterocycles. The number of rotatable bonds is 2. The van der Waals surface area contributed by atoms with Crippen LogP contribution >= 0.6 is 0 Å². The molecule has 0 bridgehead atoms. The molecular weight excluding hydrogens is 374 g/mol. The first-order valence-corrected chi connectivity index (χ1v) is 9.22. The maximum absolute atomic E-state index is 13.5. The number of methoxy groups -OCH3 is 1. The Morgan fingerprint density at radius 2 is 1.79 bits per heavy atom. The monoisotopic (exact) mass is 391 g/mol. The van der Waals surface area contributed by atoms with Crippen LogP contribution in [0.15, 0.2) is 48.5 Å². The van der Waals surface area contributed by atoms with Crippen LogP contribution in [0.25, 0.3) is 0 Å². The molecule has 2 aromatic rings. The number of carbonyl (C=O) groups is 4. The van der Waals surface area contributed by atoms with Gasteiger partial charge in [0.1, 0.15) is 5.54 Å². The Kier molecular flexibility index (Phi) is 3.63.